The van der Waals surface area contributed by atoms with Crippen molar-refractivity contribution in [3.05, 3.63) is 51.8 Å². The van der Waals surface area contributed by atoms with E-state index in [4.69, 9.17) is 16.3 Å². The van der Waals surface area contributed by atoms with E-state index in [1.165, 1.54) is 0 Å². The standard InChI is InChI=1S/C18H17BrClF2N5O/c1-10(25-18-15(20)16(17(21)22)23-9-24-18)8-28-14-7-13(27(2)26-14)11-3-5-12(19)6-4-11/h3-7,9-10,17H,8H2,1-2H3,(H,23,24,25). The van der Waals surface area contributed by atoms with Gasteiger partial charge in [-0.25, -0.2) is 18.7 Å². The van der Waals surface area contributed by atoms with Crippen molar-refractivity contribution in [2.24, 2.45) is 7.05 Å². The maximum atomic E-state index is 12.9. The van der Waals surface area contributed by atoms with Crippen molar-refractivity contribution in [2.75, 3.05) is 11.9 Å². The van der Waals surface area contributed by atoms with Crippen LogP contribution in [0, 0.1) is 0 Å². The van der Waals surface area contributed by atoms with Gasteiger partial charge in [0.2, 0.25) is 5.88 Å². The second kappa shape index (κ2) is 8.83. The lowest BCUT2D eigenvalue weighted by molar-refractivity contribution is 0.146. The molecule has 0 amide bonds. The van der Waals surface area contributed by atoms with E-state index in [0.29, 0.717) is 5.88 Å². The van der Waals surface area contributed by atoms with Crippen LogP contribution >= 0.6 is 27.5 Å². The third kappa shape index (κ3) is 4.77. The van der Waals surface area contributed by atoms with Crippen LogP contribution in [0.3, 0.4) is 0 Å². The van der Waals surface area contributed by atoms with Crippen LogP contribution in [0.15, 0.2) is 41.1 Å². The number of benzene rings is 1. The average Bonchev–Trinajstić information content (AvgIpc) is 3.03. The number of anilines is 1. The molecule has 1 unspecified atom stereocenters. The van der Waals surface area contributed by atoms with Gasteiger partial charge < -0.3 is 10.1 Å². The summed E-state index contributed by atoms with van der Waals surface area (Å²) in [6.45, 7) is 2.06. The second-order valence-corrected chi connectivity index (χ2v) is 7.37. The van der Waals surface area contributed by atoms with Crippen LogP contribution < -0.4 is 10.1 Å². The predicted octanol–water partition coefficient (Wildman–Crippen LogP) is 5.11. The quantitative estimate of drug-likeness (QED) is 0.518. The number of nitrogens with one attached hydrogen (secondary N) is 1. The number of aromatic nitrogens is 4. The number of nitrogens with zero attached hydrogens (tertiary/aromatic N) is 4. The fraction of sp³-hybridized carbons (Fsp3) is 0.278. The highest BCUT2D eigenvalue weighted by atomic mass is 79.9. The summed E-state index contributed by atoms with van der Waals surface area (Å²) in [7, 11) is 1.83. The molecule has 1 aromatic carbocycles. The molecule has 0 aliphatic heterocycles. The Morgan fingerprint density at radius 1 is 1.25 bits per heavy atom. The monoisotopic (exact) mass is 471 g/mol. The van der Waals surface area contributed by atoms with Gasteiger partial charge in [0, 0.05) is 17.6 Å². The van der Waals surface area contributed by atoms with Crippen LogP contribution in [-0.2, 0) is 7.05 Å². The van der Waals surface area contributed by atoms with Crippen LogP contribution in [0.5, 0.6) is 5.88 Å². The van der Waals surface area contributed by atoms with E-state index in [1.54, 1.807) is 4.68 Å². The van der Waals surface area contributed by atoms with Gasteiger partial charge in [-0.1, -0.05) is 39.7 Å². The molecule has 6 nitrogen and oxygen atoms in total. The van der Waals surface area contributed by atoms with E-state index in [9.17, 15) is 8.78 Å². The van der Waals surface area contributed by atoms with Crippen molar-refractivity contribution in [1.29, 1.82) is 0 Å². The molecule has 3 aromatic rings. The van der Waals surface area contributed by atoms with E-state index >= 15 is 0 Å². The molecule has 0 spiro atoms. The summed E-state index contributed by atoms with van der Waals surface area (Å²) in [4.78, 5) is 7.42. The zero-order valence-electron chi connectivity index (χ0n) is 15.0. The van der Waals surface area contributed by atoms with Gasteiger partial charge in [0.05, 0.1) is 11.7 Å². The minimum atomic E-state index is -2.77. The number of alkyl halides is 2. The van der Waals surface area contributed by atoms with Crippen LogP contribution in [0.4, 0.5) is 14.6 Å². The van der Waals surface area contributed by atoms with Gasteiger partial charge in [0.25, 0.3) is 6.43 Å². The number of aryl methyl sites for hydroxylation is 1. The summed E-state index contributed by atoms with van der Waals surface area (Å²) in [5.41, 5.74) is 1.41. The van der Waals surface area contributed by atoms with E-state index in [1.807, 2.05) is 44.3 Å². The lowest BCUT2D eigenvalue weighted by Gasteiger charge is -2.16. The van der Waals surface area contributed by atoms with E-state index in [2.05, 4.69) is 36.3 Å². The van der Waals surface area contributed by atoms with Crippen LogP contribution in [0.25, 0.3) is 11.3 Å². The Kier molecular flexibility index (Phi) is 6.46. The smallest absolute Gasteiger partial charge is 0.282 e. The fourth-order valence-electron chi connectivity index (χ4n) is 2.52. The molecule has 0 fully saturated rings. The number of hydrogen-bond acceptors (Lipinski definition) is 5. The Balaban J connectivity index is 1.64. The Labute approximate surface area is 174 Å². The largest absolute Gasteiger partial charge is 0.474 e. The summed E-state index contributed by atoms with van der Waals surface area (Å²) in [6.07, 6.45) is -1.72. The number of halogens is 4. The Morgan fingerprint density at radius 3 is 2.64 bits per heavy atom. The lowest BCUT2D eigenvalue weighted by Crippen LogP contribution is -2.24. The molecule has 0 saturated carbocycles. The van der Waals surface area contributed by atoms with Gasteiger partial charge in [-0.15, -0.1) is 5.10 Å². The van der Waals surface area contributed by atoms with Crippen LogP contribution in [-0.4, -0.2) is 32.4 Å². The van der Waals surface area contributed by atoms with Gasteiger partial charge in [-0.3, -0.25) is 4.68 Å². The van der Waals surface area contributed by atoms with E-state index < -0.39 is 12.1 Å². The van der Waals surface area contributed by atoms with Crippen molar-refractivity contribution in [3.63, 3.8) is 0 Å². The first kappa shape index (κ1) is 20.5. The Morgan fingerprint density at radius 2 is 1.96 bits per heavy atom. The molecule has 2 aromatic heterocycles. The van der Waals surface area contributed by atoms with E-state index in [0.717, 1.165) is 22.1 Å². The maximum Gasteiger partial charge on any atom is 0.282 e. The van der Waals surface area contributed by atoms with Crippen molar-refractivity contribution in [1.82, 2.24) is 19.7 Å². The van der Waals surface area contributed by atoms with Gasteiger partial charge in [-0.2, -0.15) is 0 Å². The van der Waals surface area contributed by atoms with Gasteiger partial charge in [-0.05, 0) is 24.6 Å². The molecule has 0 saturated heterocycles. The number of hydrogen-bond donors (Lipinski definition) is 1. The molecule has 148 valence electrons. The molecule has 1 N–H and O–H groups in total. The predicted molar refractivity (Wildman–Crippen MR) is 107 cm³/mol. The van der Waals surface area contributed by atoms with Gasteiger partial charge in [0.1, 0.15) is 29.5 Å². The Bertz CT molecular complexity index is 952. The maximum absolute atomic E-state index is 12.9. The van der Waals surface area contributed by atoms with Crippen molar-refractivity contribution >= 4 is 33.3 Å². The van der Waals surface area contributed by atoms with Crippen LogP contribution in [0.1, 0.15) is 19.0 Å². The summed E-state index contributed by atoms with van der Waals surface area (Å²) in [6, 6.07) is 9.44. The SMILES string of the molecule is CC(COc1cc(-c2ccc(Br)cc2)n(C)n1)Nc1ncnc(C(F)F)c1Cl. The summed E-state index contributed by atoms with van der Waals surface area (Å²) >= 11 is 9.35. The first-order valence-corrected chi connectivity index (χ1v) is 9.50. The highest BCUT2D eigenvalue weighted by Crippen LogP contribution is 2.29. The molecular formula is C18H17BrClF2N5O. The summed E-state index contributed by atoms with van der Waals surface area (Å²) < 4.78 is 34.2. The van der Waals surface area contributed by atoms with Crippen molar-refractivity contribution < 1.29 is 13.5 Å². The second-order valence-electron chi connectivity index (χ2n) is 6.08. The minimum absolute atomic E-state index is 0.139. The minimum Gasteiger partial charge on any atom is -0.474 e. The molecule has 0 bridgehead atoms. The average molecular weight is 473 g/mol. The summed E-state index contributed by atoms with van der Waals surface area (Å²) in [5, 5.41) is 7.11. The molecule has 2 heterocycles. The van der Waals surface area contributed by atoms with Crippen molar-refractivity contribution in [2.45, 2.75) is 19.4 Å². The summed E-state index contributed by atoms with van der Waals surface area (Å²) in [5.74, 6) is 0.593. The lowest BCUT2D eigenvalue weighted by atomic mass is 10.1. The topological polar surface area (TPSA) is 64.9 Å². The number of ether oxygens (including phenoxy) is 1. The molecular weight excluding hydrogens is 456 g/mol. The van der Waals surface area contributed by atoms with E-state index in [-0.39, 0.29) is 23.5 Å². The number of rotatable bonds is 7. The molecule has 3 rings (SSSR count). The van der Waals surface area contributed by atoms with Crippen LogP contribution in [0.2, 0.25) is 5.02 Å². The third-order valence-corrected chi connectivity index (χ3v) is 4.79. The third-order valence-electron chi connectivity index (χ3n) is 3.88. The van der Waals surface area contributed by atoms with Gasteiger partial charge in [0.15, 0.2) is 0 Å². The highest BCUT2D eigenvalue weighted by Gasteiger charge is 2.19. The zero-order valence-corrected chi connectivity index (χ0v) is 17.4. The first-order chi connectivity index (χ1) is 13.3. The molecule has 0 radical (unpaired) electrons. The first-order valence-electron chi connectivity index (χ1n) is 8.33. The zero-order chi connectivity index (χ0) is 20.3. The molecule has 10 heteroatoms. The fourth-order valence-corrected chi connectivity index (χ4v) is 3.02. The van der Waals surface area contributed by atoms with Gasteiger partial charge >= 0.3 is 0 Å². The molecule has 0 aliphatic rings. The molecule has 0 aliphatic carbocycles. The molecule has 28 heavy (non-hydrogen) atoms. The highest BCUT2D eigenvalue weighted by molar-refractivity contribution is 9.10. The Hall–Kier alpha value is -2.26. The normalized spacial score (nSPS) is 12.2. The van der Waals surface area contributed by atoms with Crippen molar-refractivity contribution in [3.8, 4) is 17.1 Å². The molecule has 1 atom stereocenters.